The molecular formula is C18H23ClF2N6S. The van der Waals surface area contributed by atoms with Gasteiger partial charge in [-0.2, -0.15) is 9.97 Å². The van der Waals surface area contributed by atoms with Crippen molar-refractivity contribution in [2.45, 2.75) is 43.1 Å². The molecule has 0 bridgehead atoms. The third kappa shape index (κ3) is 5.02. The Hall–Kier alpha value is -1.68. The van der Waals surface area contributed by atoms with Gasteiger partial charge in [0, 0.05) is 29.8 Å². The number of nitrogens with one attached hydrogen (secondary N) is 2. The molecule has 2 heterocycles. The average molecular weight is 429 g/mol. The Bertz CT molecular complexity index is 836. The first-order valence-electron chi connectivity index (χ1n) is 8.98. The second kappa shape index (κ2) is 8.77. The van der Waals surface area contributed by atoms with E-state index < -0.39 is 12.5 Å². The quantitative estimate of drug-likeness (QED) is 0.298. The molecule has 0 amide bonds. The van der Waals surface area contributed by atoms with Gasteiger partial charge in [-0.15, -0.1) is 0 Å². The van der Waals surface area contributed by atoms with E-state index in [1.165, 1.54) is 16.7 Å². The molecule has 0 unspecified atom stereocenters. The second-order valence-electron chi connectivity index (χ2n) is 6.88. The first-order chi connectivity index (χ1) is 13.3. The van der Waals surface area contributed by atoms with Crippen molar-refractivity contribution in [2.75, 3.05) is 23.3 Å². The molecule has 0 aliphatic carbocycles. The number of nitrogens with zero attached hydrogens (tertiary/aromatic N) is 3. The Morgan fingerprint density at radius 1 is 1.36 bits per heavy atom. The number of thioether (sulfide) groups is 1. The molecule has 3 rings (SSSR count). The lowest BCUT2D eigenvalue weighted by molar-refractivity contribution is -0.496. The third-order valence-electron chi connectivity index (χ3n) is 4.26. The fourth-order valence-electron chi connectivity index (χ4n) is 2.95. The molecule has 152 valence electrons. The number of rotatable bonds is 7. The topological polar surface area (TPSA) is 81.5 Å². The van der Waals surface area contributed by atoms with E-state index in [-0.39, 0.29) is 18.2 Å². The van der Waals surface area contributed by atoms with E-state index in [2.05, 4.69) is 15.3 Å². The van der Waals surface area contributed by atoms with Gasteiger partial charge >= 0.3 is 0 Å². The first kappa shape index (κ1) is 21.0. The number of nitrogens with two attached hydrogens (primary N) is 1. The molecule has 10 heteroatoms. The monoisotopic (exact) mass is 428 g/mol. The van der Waals surface area contributed by atoms with Gasteiger partial charge in [-0.3, -0.25) is 0 Å². The van der Waals surface area contributed by atoms with Crippen molar-refractivity contribution in [1.29, 1.82) is 0 Å². The van der Waals surface area contributed by atoms with Crippen LogP contribution in [0.5, 0.6) is 0 Å². The van der Waals surface area contributed by atoms with Crippen molar-refractivity contribution in [3.05, 3.63) is 40.7 Å². The van der Waals surface area contributed by atoms with Crippen LogP contribution in [0.1, 0.15) is 25.8 Å². The zero-order chi connectivity index (χ0) is 20.3. The maximum atomic E-state index is 13.8. The van der Waals surface area contributed by atoms with Gasteiger partial charge in [-0.25, -0.2) is 8.78 Å². The Labute approximate surface area is 172 Å². The molecule has 0 atom stereocenters. The smallest absolute Gasteiger partial charge is 0.266 e. The van der Waals surface area contributed by atoms with Gasteiger partial charge in [0.15, 0.2) is 16.8 Å². The molecule has 1 aromatic heterocycles. The molecule has 0 saturated carbocycles. The van der Waals surface area contributed by atoms with Gasteiger partial charge < -0.3 is 21.5 Å². The van der Waals surface area contributed by atoms with E-state index in [0.29, 0.717) is 34.0 Å². The predicted molar refractivity (Wildman–Crippen MR) is 109 cm³/mol. The maximum Gasteiger partial charge on any atom is 0.266 e. The second-order valence-corrected chi connectivity index (χ2v) is 8.83. The number of aromatic nitrogens is 2. The van der Waals surface area contributed by atoms with Crippen molar-refractivity contribution < 1.29 is 14.2 Å². The molecule has 0 spiro atoms. The third-order valence-corrected chi connectivity index (χ3v) is 5.50. The molecular weight excluding hydrogens is 406 g/mol. The predicted octanol–water partition coefficient (Wildman–Crippen LogP) is 4.25. The number of hydrogen-bond donors (Lipinski definition) is 2. The SMILES string of the molecule is CC(C)Sc1nc(NCc2ccccc2Cl)c([NH2+][NH-])c(N2CCC(F)(F)C2)n1. The standard InChI is InChI=1S/C18H23ClF2N6S/c1-11(2)28-17-24-15(23-9-12-5-3-4-6-13(12)19)14(26-22)16(25-17)27-8-7-18(20,21)10-27/h3-6,11,22H,7-10,26H2,1-2H3,(H,23,24,25). The van der Waals surface area contributed by atoms with Crippen molar-refractivity contribution in [3.63, 3.8) is 0 Å². The van der Waals surface area contributed by atoms with E-state index in [9.17, 15) is 8.78 Å². The van der Waals surface area contributed by atoms with Gasteiger partial charge in [-0.1, -0.05) is 55.4 Å². The molecule has 1 fully saturated rings. The molecule has 1 aliphatic heterocycles. The zero-order valence-corrected chi connectivity index (χ0v) is 17.2. The van der Waals surface area contributed by atoms with Crippen molar-refractivity contribution in [2.24, 2.45) is 0 Å². The van der Waals surface area contributed by atoms with Crippen LogP contribution in [0.25, 0.3) is 5.84 Å². The van der Waals surface area contributed by atoms with Crippen LogP contribution in [0, 0.1) is 0 Å². The van der Waals surface area contributed by atoms with Gasteiger partial charge in [0.25, 0.3) is 5.92 Å². The average Bonchev–Trinajstić information content (AvgIpc) is 3.00. The van der Waals surface area contributed by atoms with Gasteiger partial charge in [-0.05, 0) is 11.6 Å². The van der Waals surface area contributed by atoms with E-state index in [1.807, 2.05) is 32.0 Å². The molecule has 1 aromatic carbocycles. The summed E-state index contributed by atoms with van der Waals surface area (Å²) < 4.78 is 27.5. The van der Waals surface area contributed by atoms with Crippen LogP contribution in [0.3, 0.4) is 0 Å². The number of hydrogen-bond acceptors (Lipinski definition) is 5. The molecule has 1 aliphatic rings. The molecule has 2 aromatic rings. The van der Waals surface area contributed by atoms with Crippen LogP contribution < -0.4 is 15.6 Å². The lowest BCUT2D eigenvalue weighted by atomic mass is 10.2. The lowest BCUT2D eigenvalue weighted by Gasteiger charge is -2.22. The van der Waals surface area contributed by atoms with Crippen LogP contribution in [0.4, 0.5) is 26.1 Å². The van der Waals surface area contributed by atoms with Gasteiger partial charge in [0.05, 0.1) is 6.54 Å². The fourth-order valence-corrected chi connectivity index (χ4v) is 3.85. The highest BCUT2D eigenvalue weighted by Crippen LogP contribution is 2.36. The van der Waals surface area contributed by atoms with Crippen molar-refractivity contribution in [3.8, 4) is 0 Å². The van der Waals surface area contributed by atoms with Crippen LogP contribution in [-0.4, -0.2) is 34.2 Å². The summed E-state index contributed by atoms with van der Waals surface area (Å²) in [6.45, 7) is 4.22. The minimum Gasteiger partial charge on any atom is -0.466 e. The summed E-state index contributed by atoms with van der Waals surface area (Å²) in [5, 5.41) is 4.55. The van der Waals surface area contributed by atoms with E-state index in [1.54, 1.807) is 6.07 Å². The Morgan fingerprint density at radius 2 is 2.11 bits per heavy atom. The van der Waals surface area contributed by atoms with Crippen LogP contribution >= 0.6 is 23.4 Å². The summed E-state index contributed by atoms with van der Waals surface area (Å²) >= 11 is 7.67. The normalized spacial score (nSPS) is 16.0. The summed E-state index contributed by atoms with van der Waals surface area (Å²) in [5.74, 6) is 5.89. The fraction of sp³-hybridized carbons (Fsp3) is 0.444. The van der Waals surface area contributed by atoms with Crippen LogP contribution in [0.15, 0.2) is 29.4 Å². The number of halogens is 3. The highest BCUT2D eigenvalue weighted by atomic mass is 35.5. The highest BCUT2D eigenvalue weighted by Gasteiger charge is 2.40. The number of benzene rings is 1. The Kier molecular flexibility index (Phi) is 6.59. The highest BCUT2D eigenvalue weighted by molar-refractivity contribution is 7.99. The van der Waals surface area contributed by atoms with Crippen LogP contribution in [-0.2, 0) is 6.54 Å². The van der Waals surface area contributed by atoms with E-state index in [4.69, 9.17) is 17.4 Å². The minimum atomic E-state index is -2.75. The summed E-state index contributed by atoms with van der Waals surface area (Å²) in [7, 11) is 0. The minimum absolute atomic E-state index is 0.195. The van der Waals surface area contributed by atoms with Crippen LogP contribution in [0.2, 0.25) is 5.02 Å². The number of alkyl halides is 2. The summed E-state index contributed by atoms with van der Waals surface area (Å²) in [6, 6.07) is 7.43. The van der Waals surface area contributed by atoms with Crippen molar-refractivity contribution in [1.82, 2.24) is 9.97 Å². The molecule has 1 saturated heterocycles. The van der Waals surface area contributed by atoms with E-state index >= 15 is 0 Å². The largest absolute Gasteiger partial charge is 0.466 e. The summed E-state index contributed by atoms with van der Waals surface area (Å²) in [6.07, 6.45) is -0.219. The summed E-state index contributed by atoms with van der Waals surface area (Å²) in [4.78, 5) is 10.6. The van der Waals surface area contributed by atoms with E-state index in [0.717, 1.165) is 11.0 Å². The van der Waals surface area contributed by atoms with Gasteiger partial charge in [0.1, 0.15) is 0 Å². The lowest BCUT2D eigenvalue weighted by Crippen LogP contribution is -2.68. The number of anilines is 2. The molecule has 6 nitrogen and oxygen atoms in total. The Balaban J connectivity index is 1.95. The molecule has 4 N–H and O–H groups in total. The Morgan fingerprint density at radius 3 is 2.71 bits per heavy atom. The maximum absolute atomic E-state index is 13.8. The molecule has 0 radical (unpaired) electrons. The first-order valence-corrected chi connectivity index (χ1v) is 10.2. The molecule has 28 heavy (non-hydrogen) atoms. The number of quaternary nitrogens is 1. The van der Waals surface area contributed by atoms with Crippen molar-refractivity contribution >= 4 is 40.7 Å². The van der Waals surface area contributed by atoms with Gasteiger partial charge in [0.2, 0.25) is 5.69 Å². The summed E-state index contributed by atoms with van der Waals surface area (Å²) in [5.41, 5.74) is 2.40. The zero-order valence-electron chi connectivity index (χ0n) is 15.7.